The van der Waals surface area contributed by atoms with E-state index >= 15 is 0 Å². The van der Waals surface area contributed by atoms with Gasteiger partial charge in [0.2, 0.25) is 5.91 Å². The number of amides is 1. The molecule has 1 aliphatic rings. The highest BCUT2D eigenvalue weighted by molar-refractivity contribution is 5.89. The van der Waals surface area contributed by atoms with Gasteiger partial charge < -0.3 is 10.1 Å². The van der Waals surface area contributed by atoms with E-state index in [1.54, 1.807) is 6.92 Å². The van der Waals surface area contributed by atoms with Crippen LogP contribution in [0.4, 0.5) is 0 Å². The zero-order valence-corrected chi connectivity index (χ0v) is 10.1. The Morgan fingerprint density at radius 3 is 2.81 bits per heavy atom. The summed E-state index contributed by atoms with van der Waals surface area (Å²) in [6, 6.07) is -0.418. The molecular formula is C12H21NO3. The molecule has 0 aromatic carbocycles. The van der Waals surface area contributed by atoms with Gasteiger partial charge in [-0.1, -0.05) is 26.2 Å². The fourth-order valence-electron chi connectivity index (χ4n) is 2.03. The Balaban J connectivity index is 2.35. The van der Waals surface area contributed by atoms with E-state index in [1.165, 1.54) is 0 Å². The first kappa shape index (κ1) is 13.0. The van der Waals surface area contributed by atoms with Gasteiger partial charge in [0.1, 0.15) is 6.04 Å². The van der Waals surface area contributed by atoms with Crippen molar-refractivity contribution in [3.8, 4) is 0 Å². The van der Waals surface area contributed by atoms with Crippen LogP contribution in [0.3, 0.4) is 0 Å². The van der Waals surface area contributed by atoms with Gasteiger partial charge in [-0.3, -0.25) is 4.79 Å². The Morgan fingerprint density at radius 1 is 1.44 bits per heavy atom. The van der Waals surface area contributed by atoms with E-state index < -0.39 is 6.04 Å². The maximum atomic E-state index is 11.6. The van der Waals surface area contributed by atoms with E-state index in [0.717, 1.165) is 25.7 Å². The Morgan fingerprint density at radius 2 is 2.19 bits per heavy atom. The molecule has 0 aliphatic carbocycles. The minimum absolute atomic E-state index is 0.000885. The highest BCUT2D eigenvalue weighted by atomic mass is 16.5. The van der Waals surface area contributed by atoms with Crippen LogP contribution in [0.2, 0.25) is 0 Å². The molecule has 4 nitrogen and oxygen atoms in total. The van der Waals surface area contributed by atoms with Crippen molar-refractivity contribution in [3.63, 3.8) is 0 Å². The lowest BCUT2D eigenvalue weighted by Crippen LogP contribution is -2.34. The fourth-order valence-corrected chi connectivity index (χ4v) is 2.03. The van der Waals surface area contributed by atoms with Crippen LogP contribution < -0.4 is 5.32 Å². The first-order valence-corrected chi connectivity index (χ1v) is 6.16. The monoisotopic (exact) mass is 227 g/mol. The number of carbonyl (C=O) groups excluding carboxylic acids is 2. The largest absolute Gasteiger partial charge is 0.464 e. The van der Waals surface area contributed by atoms with Gasteiger partial charge in [-0.2, -0.15) is 0 Å². The molecule has 1 saturated heterocycles. The first-order chi connectivity index (χ1) is 7.69. The summed E-state index contributed by atoms with van der Waals surface area (Å²) in [5, 5.41) is 2.70. The lowest BCUT2D eigenvalue weighted by Gasteiger charge is -2.08. The third-order valence-electron chi connectivity index (χ3n) is 2.93. The zero-order chi connectivity index (χ0) is 12.0. The molecule has 0 bridgehead atoms. The van der Waals surface area contributed by atoms with Crippen molar-refractivity contribution < 1.29 is 14.3 Å². The highest BCUT2D eigenvalue weighted by Gasteiger charge is 2.36. The van der Waals surface area contributed by atoms with Crippen molar-refractivity contribution in [1.29, 1.82) is 0 Å². The molecule has 1 rings (SSSR count). The molecule has 92 valence electrons. The summed E-state index contributed by atoms with van der Waals surface area (Å²) >= 11 is 0. The standard InChI is InChI=1S/C12H21NO3/c1-3-5-6-7-9-8-10(13-11(9)14)12(15)16-4-2/h9-10H,3-8H2,1-2H3,(H,13,14)/t9-,10+/m1/s1. The molecule has 0 radical (unpaired) electrons. The van der Waals surface area contributed by atoms with Gasteiger partial charge in [-0.15, -0.1) is 0 Å². The van der Waals surface area contributed by atoms with Crippen LogP contribution >= 0.6 is 0 Å². The van der Waals surface area contributed by atoms with E-state index in [-0.39, 0.29) is 17.8 Å². The van der Waals surface area contributed by atoms with Crippen LogP contribution in [0.1, 0.15) is 46.0 Å². The minimum atomic E-state index is -0.418. The quantitative estimate of drug-likeness (QED) is 0.554. The maximum absolute atomic E-state index is 11.6. The summed E-state index contributed by atoms with van der Waals surface area (Å²) < 4.78 is 4.89. The topological polar surface area (TPSA) is 55.4 Å². The lowest BCUT2D eigenvalue weighted by molar-refractivity contribution is -0.145. The predicted molar refractivity (Wildman–Crippen MR) is 60.8 cm³/mol. The van der Waals surface area contributed by atoms with Crippen molar-refractivity contribution in [1.82, 2.24) is 5.32 Å². The van der Waals surface area contributed by atoms with Gasteiger partial charge in [0.05, 0.1) is 6.61 Å². The lowest BCUT2D eigenvalue weighted by atomic mass is 9.98. The van der Waals surface area contributed by atoms with Crippen LogP contribution in [0.5, 0.6) is 0 Å². The number of esters is 1. The van der Waals surface area contributed by atoms with Crippen molar-refractivity contribution in [2.45, 2.75) is 52.0 Å². The second-order valence-electron chi connectivity index (χ2n) is 4.24. The van der Waals surface area contributed by atoms with Crippen LogP contribution in [-0.2, 0) is 14.3 Å². The molecule has 1 aliphatic heterocycles. The molecule has 2 atom stereocenters. The minimum Gasteiger partial charge on any atom is -0.464 e. The second kappa shape index (κ2) is 6.51. The summed E-state index contributed by atoms with van der Waals surface area (Å²) in [7, 11) is 0. The van der Waals surface area contributed by atoms with E-state index in [2.05, 4.69) is 12.2 Å². The highest BCUT2D eigenvalue weighted by Crippen LogP contribution is 2.22. The molecule has 1 amide bonds. The van der Waals surface area contributed by atoms with Crippen molar-refractivity contribution >= 4 is 11.9 Å². The van der Waals surface area contributed by atoms with Crippen LogP contribution in [0, 0.1) is 5.92 Å². The molecule has 1 N–H and O–H groups in total. The molecule has 1 heterocycles. The number of hydrogen-bond donors (Lipinski definition) is 1. The first-order valence-electron chi connectivity index (χ1n) is 6.16. The van der Waals surface area contributed by atoms with Gasteiger partial charge in [-0.25, -0.2) is 4.79 Å². The third kappa shape index (κ3) is 3.51. The van der Waals surface area contributed by atoms with Gasteiger partial charge in [0, 0.05) is 5.92 Å². The number of carbonyl (C=O) groups is 2. The van der Waals surface area contributed by atoms with E-state index in [0.29, 0.717) is 13.0 Å². The van der Waals surface area contributed by atoms with E-state index in [4.69, 9.17) is 4.74 Å². The van der Waals surface area contributed by atoms with Gasteiger partial charge in [0.25, 0.3) is 0 Å². The summed E-state index contributed by atoms with van der Waals surface area (Å²) in [5.74, 6) is -0.288. The molecule has 1 fully saturated rings. The molecular weight excluding hydrogens is 206 g/mol. The second-order valence-corrected chi connectivity index (χ2v) is 4.24. The summed E-state index contributed by atoms with van der Waals surface area (Å²) in [4.78, 5) is 23.0. The summed E-state index contributed by atoms with van der Waals surface area (Å²) in [6.45, 7) is 4.27. The predicted octanol–water partition coefficient (Wildman–Crippen LogP) is 1.63. The molecule has 0 aromatic rings. The summed E-state index contributed by atoms with van der Waals surface area (Å²) in [5.41, 5.74) is 0. The van der Waals surface area contributed by atoms with Crippen LogP contribution in [0.15, 0.2) is 0 Å². The molecule has 4 heteroatoms. The number of rotatable bonds is 6. The average molecular weight is 227 g/mol. The molecule has 0 saturated carbocycles. The van der Waals surface area contributed by atoms with Crippen LogP contribution in [0.25, 0.3) is 0 Å². The molecule has 0 spiro atoms. The van der Waals surface area contributed by atoms with Gasteiger partial charge >= 0.3 is 5.97 Å². The van der Waals surface area contributed by atoms with Gasteiger partial charge in [-0.05, 0) is 19.8 Å². The maximum Gasteiger partial charge on any atom is 0.328 e. The molecule has 0 aromatic heterocycles. The van der Waals surface area contributed by atoms with E-state index in [1.807, 2.05) is 0 Å². The summed E-state index contributed by atoms with van der Waals surface area (Å²) in [6.07, 6.45) is 4.84. The Hall–Kier alpha value is -1.06. The van der Waals surface area contributed by atoms with Gasteiger partial charge in [0.15, 0.2) is 0 Å². The van der Waals surface area contributed by atoms with Crippen molar-refractivity contribution in [2.24, 2.45) is 5.92 Å². The van der Waals surface area contributed by atoms with E-state index in [9.17, 15) is 9.59 Å². The number of hydrogen-bond acceptors (Lipinski definition) is 3. The normalized spacial score (nSPS) is 24.2. The Bertz CT molecular complexity index is 253. The SMILES string of the molecule is CCCCC[C@@H]1C[C@@H](C(=O)OCC)NC1=O. The number of ether oxygens (including phenoxy) is 1. The van der Waals surface area contributed by atoms with Crippen molar-refractivity contribution in [2.75, 3.05) is 6.61 Å². The number of unbranched alkanes of at least 4 members (excludes halogenated alkanes) is 2. The Kier molecular flexibility index (Phi) is 5.29. The van der Waals surface area contributed by atoms with Crippen LogP contribution in [-0.4, -0.2) is 24.5 Å². The number of nitrogens with one attached hydrogen (secondary N) is 1. The molecule has 16 heavy (non-hydrogen) atoms. The molecule has 0 unspecified atom stereocenters. The third-order valence-corrected chi connectivity index (χ3v) is 2.93. The van der Waals surface area contributed by atoms with Crippen molar-refractivity contribution in [3.05, 3.63) is 0 Å². The zero-order valence-electron chi connectivity index (χ0n) is 10.1. The smallest absolute Gasteiger partial charge is 0.328 e. The Labute approximate surface area is 96.7 Å². The average Bonchev–Trinajstić information content (AvgIpc) is 2.61. The fraction of sp³-hybridized carbons (Fsp3) is 0.833.